The SMILES string of the molecule is CN(C[C@H]1CCCN(C(=O)OCc2ccccc2)C1)C(=O)CCl. The van der Waals surface area contributed by atoms with Crippen LogP contribution in [-0.4, -0.2) is 54.4 Å². The van der Waals surface area contributed by atoms with E-state index in [1.54, 1.807) is 16.8 Å². The molecule has 0 radical (unpaired) electrons. The second-order valence-corrected chi connectivity index (χ2v) is 6.17. The van der Waals surface area contributed by atoms with Crippen LogP contribution in [0.3, 0.4) is 0 Å². The number of hydrogen-bond donors (Lipinski definition) is 0. The van der Waals surface area contributed by atoms with Gasteiger partial charge in [0.25, 0.3) is 0 Å². The maximum atomic E-state index is 12.2. The topological polar surface area (TPSA) is 49.9 Å². The first-order chi connectivity index (χ1) is 11.1. The molecule has 0 spiro atoms. The molecule has 0 unspecified atom stereocenters. The molecular weight excluding hydrogens is 316 g/mol. The minimum Gasteiger partial charge on any atom is -0.445 e. The third-order valence-corrected chi connectivity index (χ3v) is 4.28. The van der Waals surface area contributed by atoms with E-state index in [0.29, 0.717) is 19.6 Å². The molecule has 2 amide bonds. The predicted molar refractivity (Wildman–Crippen MR) is 89.3 cm³/mol. The number of nitrogens with zero attached hydrogens (tertiary/aromatic N) is 2. The summed E-state index contributed by atoms with van der Waals surface area (Å²) in [4.78, 5) is 27.1. The Kier molecular flexibility index (Phi) is 6.71. The smallest absolute Gasteiger partial charge is 0.410 e. The van der Waals surface area contributed by atoms with E-state index in [4.69, 9.17) is 16.3 Å². The molecule has 1 fully saturated rings. The third-order valence-electron chi connectivity index (χ3n) is 4.05. The summed E-state index contributed by atoms with van der Waals surface area (Å²) in [5.74, 6) is 0.173. The molecule has 1 saturated heterocycles. The molecular formula is C17H23ClN2O3. The van der Waals surface area contributed by atoms with E-state index in [-0.39, 0.29) is 30.4 Å². The van der Waals surface area contributed by atoms with Crippen LogP contribution in [0.2, 0.25) is 0 Å². The standard InChI is InChI=1S/C17H23ClN2O3/c1-19(16(21)10-18)11-15-8-5-9-20(12-15)17(22)23-13-14-6-3-2-4-7-14/h2-4,6-7,15H,5,8-13H2,1H3/t15-/m1/s1. The Balaban J connectivity index is 1.80. The monoisotopic (exact) mass is 338 g/mol. The Morgan fingerprint density at radius 2 is 2.09 bits per heavy atom. The zero-order chi connectivity index (χ0) is 16.7. The van der Waals surface area contributed by atoms with Gasteiger partial charge in [0.2, 0.25) is 5.91 Å². The van der Waals surface area contributed by atoms with E-state index >= 15 is 0 Å². The molecule has 23 heavy (non-hydrogen) atoms. The van der Waals surface area contributed by atoms with E-state index in [0.717, 1.165) is 18.4 Å². The summed E-state index contributed by atoms with van der Waals surface area (Å²) in [5, 5.41) is 0. The van der Waals surface area contributed by atoms with Crippen molar-refractivity contribution in [3.63, 3.8) is 0 Å². The molecule has 2 rings (SSSR count). The van der Waals surface area contributed by atoms with Crippen LogP contribution in [-0.2, 0) is 16.1 Å². The number of piperidine rings is 1. The highest BCUT2D eigenvalue weighted by Crippen LogP contribution is 2.18. The fraction of sp³-hybridized carbons (Fsp3) is 0.529. The average Bonchev–Trinajstić information content (AvgIpc) is 2.60. The van der Waals surface area contributed by atoms with Gasteiger partial charge in [-0.05, 0) is 24.3 Å². The van der Waals surface area contributed by atoms with Crippen LogP contribution in [0.4, 0.5) is 4.79 Å². The summed E-state index contributed by atoms with van der Waals surface area (Å²) in [6, 6.07) is 9.63. The van der Waals surface area contributed by atoms with E-state index in [1.165, 1.54) is 0 Å². The van der Waals surface area contributed by atoms with Crippen LogP contribution in [0.1, 0.15) is 18.4 Å². The summed E-state index contributed by atoms with van der Waals surface area (Å²) in [6.45, 7) is 2.23. The maximum absolute atomic E-state index is 12.2. The largest absolute Gasteiger partial charge is 0.445 e. The third kappa shape index (κ3) is 5.43. The number of likely N-dealkylation sites (tertiary alicyclic amines) is 1. The van der Waals surface area contributed by atoms with Gasteiger partial charge in [-0.3, -0.25) is 4.79 Å². The van der Waals surface area contributed by atoms with Gasteiger partial charge in [-0.15, -0.1) is 11.6 Å². The van der Waals surface area contributed by atoms with Crippen LogP contribution < -0.4 is 0 Å². The zero-order valence-corrected chi connectivity index (χ0v) is 14.2. The lowest BCUT2D eigenvalue weighted by Crippen LogP contribution is -2.44. The van der Waals surface area contributed by atoms with Gasteiger partial charge in [-0.25, -0.2) is 4.79 Å². The van der Waals surface area contributed by atoms with Crippen LogP contribution in [0, 0.1) is 5.92 Å². The number of rotatable bonds is 5. The van der Waals surface area contributed by atoms with Crippen LogP contribution in [0.15, 0.2) is 30.3 Å². The lowest BCUT2D eigenvalue weighted by atomic mass is 9.98. The highest BCUT2D eigenvalue weighted by atomic mass is 35.5. The second kappa shape index (κ2) is 8.77. The van der Waals surface area contributed by atoms with Gasteiger partial charge in [0.1, 0.15) is 12.5 Å². The number of ether oxygens (including phenoxy) is 1. The van der Waals surface area contributed by atoms with E-state index in [2.05, 4.69) is 0 Å². The fourth-order valence-electron chi connectivity index (χ4n) is 2.78. The van der Waals surface area contributed by atoms with E-state index < -0.39 is 0 Å². The Morgan fingerprint density at radius 3 is 2.78 bits per heavy atom. The van der Waals surface area contributed by atoms with E-state index in [1.807, 2.05) is 30.3 Å². The first-order valence-corrected chi connectivity index (χ1v) is 8.39. The zero-order valence-electron chi connectivity index (χ0n) is 13.4. The normalized spacial score (nSPS) is 17.7. The molecule has 0 N–H and O–H groups in total. The van der Waals surface area contributed by atoms with Crippen molar-refractivity contribution in [1.29, 1.82) is 0 Å². The van der Waals surface area contributed by atoms with Crippen LogP contribution >= 0.6 is 11.6 Å². The first kappa shape index (κ1) is 17.6. The van der Waals surface area contributed by atoms with Crippen LogP contribution in [0.5, 0.6) is 0 Å². The second-order valence-electron chi connectivity index (χ2n) is 5.90. The molecule has 1 heterocycles. The Bertz CT molecular complexity index is 524. The molecule has 1 aromatic rings. The van der Waals surface area contributed by atoms with Crippen molar-refractivity contribution in [2.24, 2.45) is 5.92 Å². The lowest BCUT2D eigenvalue weighted by Gasteiger charge is -2.34. The first-order valence-electron chi connectivity index (χ1n) is 7.85. The molecule has 1 aromatic carbocycles. The van der Waals surface area contributed by atoms with Crippen molar-refractivity contribution in [3.8, 4) is 0 Å². The van der Waals surface area contributed by atoms with Crippen molar-refractivity contribution in [2.75, 3.05) is 32.6 Å². The van der Waals surface area contributed by atoms with Crippen molar-refractivity contribution in [2.45, 2.75) is 19.4 Å². The minimum atomic E-state index is -0.287. The summed E-state index contributed by atoms with van der Waals surface area (Å²) in [7, 11) is 1.75. The van der Waals surface area contributed by atoms with Crippen molar-refractivity contribution < 1.29 is 14.3 Å². The van der Waals surface area contributed by atoms with Crippen molar-refractivity contribution >= 4 is 23.6 Å². The number of halogens is 1. The Labute approximate surface area is 142 Å². The molecule has 6 heteroatoms. The predicted octanol–water partition coefficient (Wildman–Crippen LogP) is 2.73. The minimum absolute atomic E-state index is 0.00789. The number of benzene rings is 1. The van der Waals surface area contributed by atoms with Gasteiger partial charge in [0.05, 0.1) is 0 Å². The number of carbonyl (C=O) groups excluding carboxylic acids is 2. The molecule has 1 aliphatic heterocycles. The molecule has 0 aromatic heterocycles. The number of amides is 2. The number of carbonyl (C=O) groups is 2. The van der Waals surface area contributed by atoms with Gasteiger partial charge in [-0.2, -0.15) is 0 Å². The molecule has 5 nitrogen and oxygen atoms in total. The van der Waals surface area contributed by atoms with Crippen molar-refractivity contribution in [3.05, 3.63) is 35.9 Å². The summed E-state index contributed by atoms with van der Waals surface area (Å²) < 4.78 is 5.37. The highest BCUT2D eigenvalue weighted by Gasteiger charge is 2.26. The molecule has 0 bridgehead atoms. The Morgan fingerprint density at radius 1 is 1.35 bits per heavy atom. The van der Waals surface area contributed by atoms with Crippen LogP contribution in [0.25, 0.3) is 0 Å². The lowest BCUT2D eigenvalue weighted by molar-refractivity contribution is -0.127. The summed E-state index contributed by atoms with van der Waals surface area (Å²) >= 11 is 5.57. The quantitative estimate of drug-likeness (QED) is 0.776. The van der Waals surface area contributed by atoms with Gasteiger partial charge in [0, 0.05) is 26.7 Å². The fourth-order valence-corrected chi connectivity index (χ4v) is 2.99. The molecule has 1 aliphatic rings. The molecule has 0 aliphatic carbocycles. The average molecular weight is 339 g/mol. The number of hydrogen-bond acceptors (Lipinski definition) is 3. The van der Waals surface area contributed by atoms with Gasteiger partial charge in [0.15, 0.2) is 0 Å². The van der Waals surface area contributed by atoms with Gasteiger partial charge >= 0.3 is 6.09 Å². The maximum Gasteiger partial charge on any atom is 0.410 e. The summed E-state index contributed by atoms with van der Waals surface area (Å²) in [5.41, 5.74) is 0.974. The summed E-state index contributed by atoms with van der Waals surface area (Å²) in [6.07, 6.45) is 1.64. The molecule has 1 atom stereocenters. The number of alkyl halides is 1. The highest BCUT2D eigenvalue weighted by molar-refractivity contribution is 6.27. The van der Waals surface area contributed by atoms with Gasteiger partial charge < -0.3 is 14.5 Å². The Hall–Kier alpha value is -1.75. The van der Waals surface area contributed by atoms with Gasteiger partial charge in [-0.1, -0.05) is 30.3 Å². The molecule has 126 valence electrons. The van der Waals surface area contributed by atoms with Crippen molar-refractivity contribution in [1.82, 2.24) is 9.80 Å². The van der Waals surface area contributed by atoms with E-state index in [9.17, 15) is 9.59 Å². The molecule has 0 saturated carbocycles.